The molecule has 0 unspecified atom stereocenters. The molecular weight excluding hydrogens is 464 g/mol. The van der Waals surface area contributed by atoms with E-state index >= 15 is 0 Å². The second kappa shape index (κ2) is 8.33. The maximum absolute atomic E-state index is 13.2. The molecule has 0 aliphatic carbocycles. The summed E-state index contributed by atoms with van der Waals surface area (Å²) in [7, 11) is 0. The fourth-order valence-corrected chi connectivity index (χ4v) is 3.82. The summed E-state index contributed by atoms with van der Waals surface area (Å²) in [6, 6.07) is 15.2. The van der Waals surface area contributed by atoms with E-state index in [0.717, 1.165) is 16.7 Å². The zero-order valence-corrected chi connectivity index (χ0v) is 17.6. The van der Waals surface area contributed by atoms with Crippen molar-refractivity contribution in [1.82, 2.24) is 4.57 Å². The normalized spacial score (nSPS) is 12.0. The number of alkyl halides is 3. The first-order valence-corrected chi connectivity index (χ1v) is 9.95. The van der Waals surface area contributed by atoms with Crippen LogP contribution in [0.15, 0.2) is 76.5 Å². The van der Waals surface area contributed by atoms with Crippen molar-refractivity contribution in [3.05, 3.63) is 98.3 Å². The highest BCUT2D eigenvalue weighted by atomic mass is 35.5. The van der Waals surface area contributed by atoms with E-state index < -0.39 is 23.2 Å². The largest absolute Gasteiger partial charge is 0.494 e. The second-order valence-electron chi connectivity index (χ2n) is 6.86. The van der Waals surface area contributed by atoms with E-state index in [1.54, 1.807) is 30.3 Å². The van der Waals surface area contributed by atoms with Gasteiger partial charge in [0.05, 0.1) is 22.5 Å². The van der Waals surface area contributed by atoms with Crippen molar-refractivity contribution in [1.29, 1.82) is 0 Å². The number of hydrogen-bond donors (Lipinski definition) is 1. The molecule has 0 bridgehead atoms. The molecule has 3 aromatic carbocycles. The van der Waals surface area contributed by atoms with Gasteiger partial charge in [-0.2, -0.15) is 13.2 Å². The summed E-state index contributed by atoms with van der Waals surface area (Å²) in [5.41, 5.74) is -1.20. The number of rotatable bonds is 3. The molecule has 0 amide bonds. The fourth-order valence-electron chi connectivity index (χ4n) is 3.30. The van der Waals surface area contributed by atoms with E-state index in [-0.39, 0.29) is 16.6 Å². The Labute approximate surface area is 189 Å². The molecule has 0 aliphatic heterocycles. The van der Waals surface area contributed by atoms with Crippen molar-refractivity contribution in [3.8, 4) is 11.6 Å². The van der Waals surface area contributed by atoms with Gasteiger partial charge in [0.2, 0.25) is 5.88 Å². The first kappa shape index (κ1) is 21.9. The van der Waals surface area contributed by atoms with E-state index in [9.17, 15) is 23.1 Å². The number of nitrogens with zero attached hydrogens (tertiary/aromatic N) is 2. The van der Waals surface area contributed by atoms with Crippen LogP contribution in [-0.2, 0) is 6.18 Å². The number of fused-ring (bicyclic) bond motifs is 1. The first-order chi connectivity index (χ1) is 15.1. The summed E-state index contributed by atoms with van der Waals surface area (Å²) in [6.45, 7) is 0. The highest BCUT2D eigenvalue weighted by molar-refractivity contribution is 6.35. The smallest absolute Gasteiger partial charge is 0.416 e. The molecule has 4 aromatic rings. The number of hydrogen-bond acceptors (Lipinski definition) is 3. The molecule has 32 heavy (non-hydrogen) atoms. The maximum Gasteiger partial charge on any atom is 0.416 e. The van der Waals surface area contributed by atoms with Gasteiger partial charge in [-0.3, -0.25) is 9.79 Å². The van der Waals surface area contributed by atoms with Gasteiger partial charge in [-0.05, 0) is 42.5 Å². The average Bonchev–Trinajstić information content (AvgIpc) is 2.73. The van der Waals surface area contributed by atoms with Crippen LogP contribution in [0.1, 0.15) is 11.1 Å². The molecule has 0 spiro atoms. The Bertz CT molecular complexity index is 1410. The van der Waals surface area contributed by atoms with Crippen LogP contribution in [0.2, 0.25) is 10.0 Å². The van der Waals surface area contributed by atoms with Crippen molar-refractivity contribution in [3.63, 3.8) is 0 Å². The van der Waals surface area contributed by atoms with Crippen LogP contribution in [0.25, 0.3) is 16.5 Å². The Hall–Kier alpha value is -3.29. The van der Waals surface area contributed by atoms with Gasteiger partial charge in [0, 0.05) is 27.0 Å². The Morgan fingerprint density at radius 2 is 1.56 bits per heavy atom. The van der Waals surface area contributed by atoms with Crippen molar-refractivity contribution in [2.24, 2.45) is 4.99 Å². The minimum Gasteiger partial charge on any atom is -0.494 e. The summed E-state index contributed by atoms with van der Waals surface area (Å²) >= 11 is 12.0. The second-order valence-corrected chi connectivity index (χ2v) is 7.73. The van der Waals surface area contributed by atoms with Crippen LogP contribution < -0.4 is 5.56 Å². The molecule has 4 nitrogen and oxygen atoms in total. The van der Waals surface area contributed by atoms with Gasteiger partial charge in [0.25, 0.3) is 5.56 Å². The Balaban J connectivity index is 1.97. The monoisotopic (exact) mass is 476 g/mol. The third kappa shape index (κ3) is 4.22. The molecule has 1 N–H and O–H groups in total. The van der Waals surface area contributed by atoms with Crippen molar-refractivity contribution < 1.29 is 18.3 Å². The summed E-state index contributed by atoms with van der Waals surface area (Å²) in [4.78, 5) is 17.3. The Morgan fingerprint density at radius 3 is 2.22 bits per heavy atom. The lowest BCUT2D eigenvalue weighted by Crippen LogP contribution is -2.20. The van der Waals surface area contributed by atoms with Crippen LogP contribution in [0, 0.1) is 0 Å². The zero-order chi connectivity index (χ0) is 23.0. The zero-order valence-electron chi connectivity index (χ0n) is 16.1. The molecule has 162 valence electrons. The summed E-state index contributed by atoms with van der Waals surface area (Å²) < 4.78 is 40.4. The standard InChI is InChI=1S/C23H13Cl2F3N2O2/c24-14-9-15(25)11-16(10-14)29-12-20-18-6-1-2-7-19(18)21(31)30(22(20)32)17-5-3-4-13(8-17)23(26,27)28/h1-12,32H. The Morgan fingerprint density at radius 1 is 0.906 bits per heavy atom. The Kier molecular flexibility index (Phi) is 5.71. The number of aliphatic imine (C=N–C) groups is 1. The third-order valence-corrected chi connectivity index (χ3v) is 5.16. The van der Waals surface area contributed by atoms with Crippen molar-refractivity contribution in [2.75, 3.05) is 0 Å². The van der Waals surface area contributed by atoms with E-state index in [1.165, 1.54) is 30.5 Å². The highest BCUT2D eigenvalue weighted by Crippen LogP contribution is 2.32. The molecule has 0 atom stereocenters. The quantitative estimate of drug-likeness (QED) is 0.331. The van der Waals surface area contributed by atoms with Crippen molar-refractivity contribution in [2.45, 2.75) is 6.18 Å². The lowest BCUT2D eigenvalue weighted by atomic mass is 10.1. The average molecular weight is 477 g/mol. The molecule has 0 saturated heterocycles. The van der Waals surface area contributed by atoms with Crippen molar-refractivity contribution >= 4 is 45.9 Å². The van der Waals surface area contributed by atoms with Crippen LogP contribution >= 0.6 is 23.2 Å². The molecule has 0 radical (unpaired) electrons. The lowest BCUT2D eigenvalue weighted by molar-refractivity contribution is -0.137. The predicted molar refractivity (Wildman–Crippen MR) is 120 cm³/mol. The minimum atomic E-state index is -4.61. The van der Waals surface area contributed by atoms with Crippen LogP contribution in [0.4, 0.5) is 18.9 Å². The third-order valence-electron chi connectivity index (χ3n) is 4.73. The molecular formula is C23H13Cl2F3N2O2. The summed E-state index contributed by atoms with van der Waals surface area (Å²) in [5.74, 6) is -0.551. The van der Waals surface area contributed by atoms with Crippen LogP contribution in [0.5, 0.6) is 5.88 Å². The number of aromatic nitrogens is 1. The predicted octanol–water partition coefficient (Wildman–Crippen LogP) is 6.77. The van der Waals surface area contributed by atoms with E-state index in [0.29, 0.717) is 21.1 Å². The molecule has 0 fully saturated rings. The van der Waals surface area contributed by atoms with Gasteiger partial charge in [0.1, 0.15) is 0 Å². The van der Waals surface area contributed by atoms with Crippen LogP contribution in [-0.4, -0.2) is 15.9 Å². The molecule has 4 rings (SSSR count). The summed E-state index contributed by atoms with van der Waals surface area (Å²) in [6.07, 6.45) is -3.30. The van der Waals surface area contributed by atoms with Crippen LogP contribution in [0.3, 0.4) is 0 Å². The number of pyridine rings is 1. The molecule has 9 heteroatoms. The van der Waals surface area contributed by atoms with Gasteiger partial charge >= 0.3 is 6.18 Å². The van der Waals surface area contributed by atoms with Gasteiger partial charge in [-0.1, -0.05) is 47.5 Å². The lowest BCUT2D eigenvalue weighted by Gasteiger charge is -2.15. The number of halogens is 5. The van der Waals surface area contributed by atoms with Gasteiger partial charge in [-0.25, -0.2) is 4.57 Å². The SMILES string of the molecule is O=c1c2ccccc2c(C=Nc2cc(Cl)cc(Cl)c2)c(O)n1-c1cccc(C(F)(F)F)c1. The van der Waals surface area contributed by atoms with E-state index in [4.69, 9.17) is 23.2 Å². The minimum absolute atomic E-state index is 0.131. The highest BCUT2D eigenvalue weighted by Gasteiger charge is 2.31. The fraction of sp³-hybridized carbons (Fsp3) is 0.0435. The topological polar surface area (TPSA) is 54.6 Å². The van der Waals surface area contributed by atoms with E-state index in [1.807, 2.05) is 0 Å². The van der Waals surface area contributed by atoms with E-state index in [2.05, 4.69) is 4.99 Å². The molecule has 0 aliphatic rings. The molecule has 1 aromatic heterocycles. The first-order valence-electron chi connectivity index (χ1n) is 9.19. The molecule has 0 saturated carbocycles. The van der Waals surface area contributed by atoms with Gasteiger partial charge in [0.15, 0.2) is 0 Å². The number of aromatic hydroxyl groups is 1. The van der Waals surface area contributed by atoms with Gasteiger partial charge in [-0.15, -0.1) is 0 Å². The maximum atomic E-state index is 13.2. The summed E-state index contributed by atoms with van der Waals surface area (Å²) in [5, 5.41) is 12.2. The number of benzene rings is 3. The molecule has 1 heterocycles. The van der Waals surface area contributed by atoms with Gasteiger partial charge < -0.3 is 5.11 Å².